The average molecular weight is 388 g/mol. The standard InChI is InChI=1S/C22H20N4O3/c27-20-12-26(22(28)15-2-4-18-19(10-15)25-13-24-18)8-6-21(20)29-17-3-1-14-5-7-23-11-16(14)9-17/h1-5,7,9-11,13,20-21,27H,6,8,12H2,(H,24,25)/t20-,21-/m1/s1. The van der Waals surface area contributed by atoms with Crippen molar-refractivity contribution in [1.82, 2.24) is 19.9 Å². The second kappa shape index (κ2) is 7.18. The average Bonchev–Trinajstić information content (AvgIpc) is 3.22. The number of likely N-dealkylation sites (tertiary alicyclic amines) is 1. The highest BCUT2D eigenvalue weighted by molar-refractivity contribution is 5.97. The van der Waals surface area contributed by atoms with Gasteiger partial charge in [0.2, 0.25) is 0 Å². The number of H-pyrrole nitrogens is 1. The fourth-order valence-corrected chi connectivity index (χ4v) is 3.79. The first-order chi connectivity index (χ1) is 14.2. The Morgan fingerprint density at radius 2 is 2.10 bits per heavy atom. The Bertz CT molecular complexity index is 1190. The van der Waals surface area contributed by atoms with Crippen LogP contribution in [0.25, 0.3) is 21.8 Å². The van der Waals surface area contributed by atoms with Gasteiger partial charge in [-0.25, -0.2) is 4.98 Å². The van der Waals surface area contributed by atoms with Gasteiger partial charge in [-0.2, -0.15) is 0 Å². The summed E-state index contributed by atoms with van der Waals surface area (Å²) in [6, 6.07) is 13.1. The van der Waals surface area contributed by atoms with Crippen molar-refractivity contribution in [2.45, 2.75) is 18.6 Å². The molecule has 1 fully saturated rings. The van der Waals surface area contributed by atoms with Crippen LogP contribution in [0.2, 0.25) is 0 Å². The molecule has 1 aliphatic heterocycles. The van der Waals surface area contributed by atoms with Crippen LogP contribution < -0.4 is 4.74 Å². The Balaban J connectivity index is 1.27. The molecule has 0 bridgehead atoms. The molecule has 2 atom stereocenters. The van der Waals surface area contributed by atoms with Gasteiger partial charge in [0.15, 0.2) is 0 Å². The molecule has 7 nitrogen and oxygen atoms in total. The number of aromatic nitrogens is 3. The lowest BCUT2D eigenvalue weighted by atomic mass is 10.0. The predicted octanol–water partition coefficient (Wildman–Crippen LogP) is 2.77. The smallest absolute Gasteiger partial charge is 0.254 e. The van der Waals surface area contributed by atoms with E-state index in [1.54, 1.807) is 35.8 Å². The van der Waals surface area contributed by atoms with E-state index in [2.05, 4.69) is 15.0 Å². The second-order valence-corrected chi connectivity index (χ2v) is 7.28. The Morgan fingerprint density at radius 1 is 1.17 bits per heavy atom. The lowest BCUT2D eigenvalue weighted by Crippen LogP contribution is -2.51. The van der Waals surface area contributed by atoms with Crippen molar-refractivity contribution in [3.05, 3.63) is 66.7 Å². The Kier molecular flexibility index (Phi) is 4.37. The molecule has 7 heteroatoms. The summed E-state index contributed by atoms with van der Waals surface area (Å²) in [6.45, 7) is 0.760. The number of amides is 1. The van der Waals surface area contributed by atoms with Crippen LogP contribution in [0.1, 0.15) is 16.8 Å². The molecular formula is C22H20N4O3. The zero-order valence-corrected chi connectivity index (χ0v) is 15.7. The summed E-state index contributed by atoms with van der Waals surface area (Å²) in [4.78, 5) is 25.9. The molecule has 3 heterocycles. The third-order valence-corrected chi connectivity index (χ3v) is 5.37. The molecule has 0 saturated carbocycles. The van der Waals surface area contributed by atoms with Crippen molar-refractivity contribution in [3.63, 3.8) is 0 Å². The van der Waals surface area contributed by atoms with E-state index in [-0.39, 0.29) is 18.6 Å². The maximum absolute atomic E-state index is 12.9. The van der Waals surface area contributed by atoms with Gasteiger partial charge in [-0.1, -0.05) is 6.07 Å². The van der Waals surface area contributed by atoms with Crippen LogP contribution in [0.5, 0.6) is 5.75 Å². The fraction of sp³-hybridized carbons (Fsp3) is 0.227. The van der Waals surface area contributed by atoms with Crippen molar-refractivity contribution in [2.24, 2.45) is 0 Å². The van der Waals surface area contributed by atoms with Crippen molar-refractivity contribution < 1.29 is 14.6 Å². The number of ether oxygens (including phenoxy) is 1. The summed E-state index contributed by atoms with van der Waals surface area (Å²) in [6.07, 6.45) is 4.59. The number of hydrogen-bond acceptors (Lipinski definition) is 5. The lowest BCUT2D eigenvalue weighted by molar-refractivity contribution is -0.0198. The van der Waals surface area contributed by atoms with Gasteiger partial charge in [0.25, 0.3) is 5.91 Å². The summed E-state index contributed by atoms with van der Waals surface area (Å²) >= 11 is 0. The van der Waals surface area contributed by atoms with Gasteiger partial charge < -0.3 is 19.7 Å². The quantitative estimate of drug-likeness (QED) is 0.563. The maximum Gasteiger partial charge on any atom is 0.254 e. The van der Waals surface area contributed by atoms with Crippen LogP contribution in [-0.2, 0) is 0 Å². The molecule has 2 aromatic carbocycles. The number of benzene rings is 2. The van der Waals surface area contributed by atoms with Crippen molar-refractivity contribution in [1.29, 1.82) is 0 Å². The van der Waals surface area contributed by atoms with Crippen molar-refractivity contribution in [2.75, 3.05) is 13.1 Å². The first-order valence-electron chi connectivity index (χ1n) is 9.58. The minimum Gasteiger partial charge on any atom is -0.488 e. The summed E-state index contributed by atoms with van der Waals surface area (Å²) in [7, 11) is 0. The van der Waals surface area contributed by atoms with E-state index in [9.17, 15) is 9.90 Å². The summed E-state index contributed by atoms with van der Waals surface area (Å²) in [5.41, 5.74) is 2.22. The molecule has 2 aromatic heterocycles. The second-order valence-electron chi connectivity index (χ2n) is 7.28. The van der Waals surface area contributed by atoms with Crippen LogP contribution in [0.3, 0.4) is 0 Å². The number of hydrogen-bond donors (Lipinski definition) is 2. The molecule has 5 rings (SSSR count). The number of imidazole rings is 1. The first-order valence-corrected chi connectivity index (χ1v) is 9.58. The third kappa shape index (κ3) is 3.40. The van der Waals surface area contributed by atoms with Gasteiger partial charge in [0, 0.05) is 36.3 Å². The number of rotatable bonds is 3. The number of fused-ring (bicyclic) bond motifs is 2. The molecule has 0 aliphatic carbocycles. The fourth-order valence-electron chi connectivity index (χ4n) is 3.79. The first kappa shape index (κ1) is 17.6. The lowest BCUT2D eigenvalue weighted by Gasteiger charge is -2.36. The van der Waals surface area contributed by atoms with Gasteiger partial charge in [-0.05, 0) is 41.8 Å². The molecule has 1 aliphatic rings. The number of nitrogens with zero attached hydrogens (tertiary/aromatic N) is 3. The normalized spacial score (nSPS) is 19.6. The zero-order valence-electron chi connectivity index (χ0n) is 15.7. The van der Waals surface area contributed by atoms with Crippen LogP contribution in [0.4, 0.5) is 0 Å². The van der Waals surface area contributed by atoms with Gasteiger partial charge in [-0.3, -0.25) is 9.78 Å². The molecule has 0 unspecified atom stereocenters. The van der Waals surface area contributed by atoms with Crippen molar-refractivity contribution in [3.8, 4) is 5.75 Å². The summed E-state index contributed by atoms with van der Waals surface area (Å²) < 4.78 is 6.03. The van der Waals surface area contributed by atoms with E-state index >= 15 is 0 Å². The van der Waals surface area contributed by atoms with E-state index in [0.717, 1.165) is 21.8 Å². The Hall–Kier alpha value is -3.45. The summed E-state index contributed by atoms with van der Waals surface area (Å²) in [5.74, 6) is 0.592. The number of β-amino-alcohol motifs (C(OH)–C–C–N with tert-alkyl or cyclic N) is 1. The number of aliphatic hydroxyl groups excluding tert-OH is 1. The van der Waals surface area contributed by atoms with E-state index in [1.807, 2.05) is 30.3 Å². The van der Waals surface area contributed by atoms with Gasteiger partial charge >= 0.3 is 0 Å². The minimum atomic E-state index is -0.756. The van der Waals surface area contributed by atoms with Gasteiger partial charge in [0.1, 0.15) is 18.0 Å². The van der Waals surface area contributed by atoms with E-state index in [0.29, 0.717) is 24.3 Å². The van der Waals surface area contributed by atoms with Crippen molar-refractivity contribution >= 4 is 27.7 Å². The van der Waals surface area contributed by atoms with Gasteiger partial charge in [-0.15, -0.1) is 0 Å². The van der Waals surface area contributed by atoms with Crippen LogP contribution >= 0.6 is 0 Å². The number of carbonyl (C=O) groups is 1. The third-order valence-electron chi connectivity index (χ3n) is 5.37. The predicted molar refractivity (Wildman–Crippen MR) is 109 cm³/mol. The highest BCUT2D eigenvalue weighted by atomic mass is 16.5. The molecule has 0 spiro atoms. The molecule has 2 N–H and O–H groups in total. The van der Waals surface area contributed by atoms with E-state index < -0.39 is 6.10 Å². The monoisotopic (exact) mass is 388 g/mol. The number of pyridine rings is 1. The zero-order chi connectivity index (χ0) is 19.8. The molecule has 4 aromatic rings. The van der Waals surface area contributed by atoms with E-state index in [4.69, 9.17) is 4.74 Å². The Labute approximate surface area is 167 Å². The topological polar surface area (TPSA) is 91.3 Å². The number of aromatic amines is 1. The van der Waals surface area contributed by atoms with Gasteiger partial charge in [0.05, 0.1) is 23.9 Å². The summed E-state index contributed by atoms with van der Waals surface area (Å²) in [5, 5.41) is 12.7. The highest BCUT2D eigenvalue weighted by Gasteiger charge is 2.32. The number of aliphatic hydroxyl groups is 1. The van der Waals surface area contributed by atoms with Crippen LogP contribution in [-0.4, -0.2) is 56.2 Å². The van der Waals surface area contributed by atoms with Crippen LogP contribution in [0.15, 0.2) is 61.2 Å². The molecule has 1 amide bonds. The number of piperidine rings is 1. The number of carbonyl (C=O) groups excluding carboxylic acids is 1. The molecule has 0 radical (unpaired) electrons. The maximum atomic E-state index is 12.9. The SMILES string of the molecule is O=C(c1ccc2nc[nH]c2c1)N1CC[C@@H](Oc2ccc3ccncc3c2)[C@H](O)C1. The molecular weight excluding hydrogens is 368 g/mol. The minimum absolute atomic E-state index is 0.101. The Morgan fingerprint density at radius 3 is 3.00 bits per heavy atom. The number of nitrogens with one attached hydrogen (secondary N) is 1. The molecule has 146 valence electrons. The largest absolute Gasteiger partial charge is 0.488 e. The molecule has 1 saturated heterocycles. The highest BCUT2D eigenvalue weighted by Crippen LogP contribution is 2.24. The van der Waals surface area contributed by atoms with Crippen LogP contribution in [0, 0.1) is 0 Å². The molecule has 29 heavy (non-hydrogen) atoms. The van der Waals surface area contributed by atoms with E-state index in [1.165, 1.54) is 0 Å².